The fraction of sp³-hybridized carbons (Fsp3) is 0.667. The molecule has 0 bridgehead atoms. The van der Waals surface area contributed by atoms with Crippen LogP contribution >= 0.6 is 11.3 Å². The molecule has 8 nitrogen and oxygen atoms in total. The summed E-state index contributed by atoms with van der Waals surface area (Å²) in [4.78, 5) is 23.6. The number of carbonyl (C=O) groups is 1. The van der Waals surface area contributed by atoms with Crippen molar-refractivity contribution in [2.45, 2.75) is 35.6 Å². The highest BCUT2D eigenvalue weighted by Gasteiger charge is 2.39. The fourth-order valence-corrected chi connectivity index (χ4v) is 4.37. The molecular formula is C12H17N3O5S2. The molecule has 122 valence electrons. The Labute approximate surface area is 132 Å². The Morgan fingerprint density at radius 1 is 1.41 bits per heavy atom. The third-order valence-corrected chi connectivity index (χ3v) is 6.38. The highest BCUT2D eigenvalue weighted by atomic mass is 32.2. The van der Waals surface area contributed by atoms with Crippen molar-refractivity contribution < 1.29 is 22.8 Å². The molecule has 0 saturated carbocycles. The first kappa shape index (κ1) is 15.7. The quantitative estimate of drug-likeness (QED) is 0.823. The van der Waals surface area contributed by atoms with Gasteiger partial charge in [-0.05, 0) is 30.6 Å². The zero-order chi connectivity index (χ0) is 15.6. The standard InChI is InChI=1S/C12H17N3O5S2/c16-11(20-14-22(17,18)10-13-5-9-21-10)15-6-3-12(4-7-15)2-1-8-19-12/h5,9,14H,1-4,6-8H2. The number of nitrogens with zero attached hydrogens (tertiary/aromatic N) is 2. The van der Waals surface area contributed by atoms with E-state index < -0.39 is 16.1 Å². The summed E-state index contributed by atoms with van der Waals surface area (Å²) in [5.41, 5.74) is -0.100. The highest BCUT2D eigenvalue weighted by molar-refractivity contribution is 7.91. The van der Waals surface area contributed by atoms with Crippen LogP contribution in [0.15, 0.2) is 15.9 Å². The molecule has 0 unspecified atom stereocenters. The zero-order valence-corrected chi connectivity index (χ0v) is 13.5. The number of ether oxygens (including phenoxy) is 1. The molecule has 3 rings (SSSR count). The molecule has 0 aromatic carbocycles. The van der Waals surface area contributed by atoms with Crippen molar-refractivity contribution in [3.8, 4) is 0 Å². The van der Waals surface area contributed by atoms with Crippen LogP contribution in [0, 0.1) is 0 Å². The van der Waals surface area contributed by atoms with Crippen molar-refractivity contribution in [1.82, 2.24) is 14.8 Å². The summed E-state index contributed by atoms with van der Waals surface area (Å²) in [6.45, 7) is 1.77. The lowest BCUT2D eigenvalue weighted by atomic mass is 9.89. The van der Waals surface area contributed by atoms with E-state index in [1.165, 1.54) is 16.5 Å². The largest absolute Gasteiger partial charge is 0.429 e. The third-order valence-electron chi connectivity index (χ3n) is 4.00. The molecule has 2 fully saturated rings. The molecular weight excluding hydrogens is 330 g/mol. The van der Waals surface area contributed by atoms with Gasteiger partial charge in [-0.15, -0.1) is 11.3 Å². The number of likely N-dealkylation sites (tertiary alicyclic amines) is 1. The number of aromatic nitrogens is 1. The molecule has 2 saturated heterocycles. The first-order valence-electron chi connectivity index (χ1n) is 7.02. The van der Waals surface area contributed by atoms with Crippen LogP contribution in [0.3, 0.4) is 0 Å². The molecule has 10 heteroatoms. The van der Waals surface area contributed by atoms with Crippen molar-refractivity contribution in [2.75, 3.05) is 19.7 Å². The summed E-state index contributed by atoms with van der Waals surface area (Å²) in [6, 6.07) is 0. The second-order valence-corrected chi connectivity index (χ2v) is 8.09. The van der Waals surface area contributed by atoms with Gasteiger partial charge < -0.3 is 14.5 Å². The van der Waals surface area contributed by atoms with Crippen molar-refractivity contribution in [3.05, 3.63) is 11.6 Å². The maximum atomic E-state index is 11.9. The lowest BCUT2D eigenvalue weighted by Crippen LogP contribution is -2.47. The van der Waals surface area contributed by atoms with E-state index >= 15 is 0 Å². The van der Waals surface area contributed by atoms with Crippen molar-refractivity contribution in [2.24, 2.45) is 0 Å². The van der Waals surface area contributed by atoms with Gasteiger partial charge in [-0.1, -0.05) is 0 Å². The van der Waals surface area contributed by atoms with Gasteiger partial charge in [-0.3, -0.25) is 0 Å². The van der Waals surface area contributed by atoms with Gasteiger partial charge in [0.15, 0.2) is 0 Å². The molecule has 1 aromatic rings. The zero-order valence-electron chi connectivity index (χ0n) is 11.9. The minimum absolute atomic E-state index is 0.100. The predicted molar refractivity (Wildman–Crippen MR) is 77.6 cm³/mol. The monoisotopic (exact) mass is 347 g/mol. The smallest absolute Gasteiger partial charge is 0.375 e. The molecule has 22 heavy (non-hydrogen) atoms. The average Bonchev–Trinajstić information content (AvgIpc) is 3.18. The minimum atomic E-state index is -3.91. The third kappa shape index (κ3) is 3.24. The van der Waals surface area contributed by atoms with Crippen LogP contribution in [0.25, 0.3) is 0 Å². The Kier molecular flexibility index (Phi) is 4.35. The number of sulfonamides is 1. The Morgan fingerprint density at radius 3 is 2.77 bits per heavy atom. The van der Waals surface area contributed by atoms with Crippen LogP contribution in [0.2, 0.25) is 0 Å². The summed E-state index contributed by atoms with van der Waals surface area (Å²) in [7, 11) is -3.91. The number of amides is 1. The molecule has 2 aliphatic rings. The molecule has 3 heterocycles. The average molecular weight is 347 g/mol. The van der Waals surface area contributed by atoms with Gasteiger partial charge in [0.1, 0.15) is 0 Å². The van der Waals surface area contributed by atoms with E-state index in [1.807, 2.05) is 4.89 Å². The van der Waals surface area contributed by atoms with Gasteiger partial charge in [0.25, 0.3) is 10.0 Å². The first-order valence-corrected chi connectivity index (χ1v) is 9.38. The molecule has 1 amide bonds. The van der Waals surface area contributed by atoms with Crippen LogP contribution in [-0.2, 0) is 19.6 Å². The van der Waals surface area contributed by atoms with E-state index in [0.29, 0.717) is 13.1 Å². The molecule has 0 radical (unpaired) electrons. The van der Waals surface area contributed by atoms with Crippen LogP contribution in [0.1, 0.15) is 25.7 Å². The van der Waals surface area contributed by atoms with E-state index in [1.54, 1.807) is 0 Å². The number of rotatable bonds is 3. The number of hydrogen-bond donors (Lipinski definition) is 1. The van der Waals surface area contributed by atoms with Gasteiger partial charge in [0.05, 0.1) is 5.60 Å². The number of carbonyl (C=O) groups excluding carboxylic acids is 1. The number of hydrogen-bond acceptors (Lipinski definition) is 7. The van der Waals surface area contributed by atoms with E-state index in [0.717, 1.165) is 43.6 Å². The normalized spacial score (nSPS) is 21.2. The summed E-state index contributed by atoms with van der Waals surface area (Å²) in [5.74, 6) is 0. The lowest BCUT2D eigenvalue weighted by molar-refractivity contribution is -0.0430. The molecule has 0 atom stereocenters. The van der Waals surface area contributed by atoms with Crippen LogP contribution in [0.5, 0.6) is 0 Å². The van der Waals surface area contributed by atoms with Crippen molar-refractivity contribution >= 4 is 27.5 Å². The molecule has 2 aliphatic heterocycles. The van der Waals surface area contributed by atoms with E-state index in [9.17, 15) is 13.2 Å². The Morgan fingerprint density at radius 2 is 2.18 bits per heavy atom. The molecule has 1 N–H and O–H groups in total. The maximum absolute atomic E-state index is 11.9. The van der Waals surface area contributed by atoms with Gasteiger partial charge in [-0.25, -0.2) is 18.2 Å². The van der Waals surface area contributed by atoms with Crippen LogP contribution in [-0.4, -0.2) is 49.7 Å². The second-order valence-electron chi connectivity index (χ2n) is 5.37. The second kappa shape index (κ2) is 6.11. The van der Waals surface area contributed by atoms with Crippen molar-refractivity contribution in [1.29, 1.82) is 0 Å². The number of piperidine rings is 1. The summed E-state index contributed by atoms with van der Waals surface area (Å²) >= 11 is 0.947. The maximum Gasteiger partial charge on any atom is 0.429 e. The van der Waals surface area contributed by atoms with E-state index in [-0.39, 0.29) is 9.94 Å². The minimum Gasteiger partial charge on any atom is -0.375 e. The first-order chi connectivity index (χ1) is 10.5. The van der Waals surface area contributed by atoms with Gasteiger partial charge in [-0.2, -0.15) is 0 Å². The fourth-order valence-electron chi connectivity index (χ4n) is 2.78. The SMILES string of the molecule is O=C(ONS(=O)(=O)c1nccs1)N1CCC2(CCCO2)CC1. The van der Waals surface area contributed by atoms with Crippen LogP contribution < -0.4 is 4.89 Å². The summed E-state index contributed by atoms with van der Waals surface area (Å²) in [5, 5.41) is 1.53. The Bertz CT molecular complexity index is 615. The highest BCUT2D eigenvalue weighted by Crippen LogP contribution is 2.35. The molecule has 1 spiro atoms. The van der Waals surface area contributed by atoms with Crippen molar-refractivity contribution in [3.63, 3.8) is 0 Å². The predicted octanol–water partition coefficient (Wildman–Crippen LogP) is 1.12. The van der Waals surface area contributed by atoms with Gasteiger partial charge >= 0.3 is 6.09 Å². The van der Waals surface area contributed by atoms with E-state index in [2.05, 4.69) is 4.98 Å². The van der Waals surface area contributed by atoms with Crippen LogP contribution in [0.4, 0.5) is 4.79 Å². The topological polar surface area (TPSA) is 97.8 Å². The van der Waals surface area contributed by atoms with Gasteiger partial charge in [0.2, 0.25) is 4.34 Å². The molecule has 0 aliphatic carbocycles. The Balaban J connectivity index is 1.51. The summed E-state index contributed by atoms with van der Waals surface area (Å²) < 4.78 is 29.2. The molecule has 1 aromatic heterocycles. The lowest BCUT2D eigenvalue weighted by Gasteiger charge is -2.37. The van der Waals surface area contributed by atoms with E-state index in [4.69, 9.17) is 9.57 Å². The number of thiazole rings is 1. The van der Waals surface area contributed by atoms with Gasteiger partial charge in [0, 0.05) is 31.3 Å². The number of nitrogens with one attached hydrogen (secondary N) is 1. The summed E-state index contributed by atoms with van der Waals surface area (Å²) in [6.07, 6.45) is 4.24. The Hall–Kier alpha value is -1.23.